The maximum Gasteiger partial charge on any atom is 0.417 e. The van der Waals surface area contributed by atoms with Crippen LogP contribution in [0.1, 0.15) is 11.1 Å². The molecule has 126 valence electrons. The minimum absolute atomic E-state index is 0.0379. The van der Waals surface area contributed by atoms with E-state index in [2.05, 4.69) is 5.32 Å². The topological polar surface area (TPSA) is 29.1 Å². The Kier molecular flexibility index (Phi) is 5.73. The summed E-state index contributed by atoms with van der Waals surface area (Å²) in [6.07, 6.45) is -3.93. The molecule has 0 atom stereocenters. The zero-order valence-corrected chi connectivity index (χ0v) is 12.6. The first-order chi connectivity index (χ1) is 11.4. The van der Waals surface area contributed by atoms with E-state index in [9.17, 15) is 22.4 Å². The van der Waals surface area contributed by atoms with Gasteiger partial charge in [0, 0.05) is 12.6 Å². The van der Waals surface area contributed by atoms with Gasteiger partial charge in [-0.15, -0.1) is 0 Å². The molecule has 0 bridgehead atoms. The first kappa shape index (κ1) is 17.7. The van der Waals surface area contributed by atoms with Crippen molar-refractivity contribution in [3.05, 3.63) is 77.6 Å². The molecule has 0 unspecified atom stereocenters. The van der Waals surface area contributed by atoms with Crippen LogP contribution in [0.15, 0.2) is 60.7 Å². The standard InChI is InChI=1S/C18H15F4NO/c19-16-9-5-4-8-14(16)10-11-23-17(24)12-15(18(20,21)22)13-6-2-1-3-7-13/h1-9,12H,10-11H2,(H,23,24)/b15-12-. The van der Waals surface area contributed by atoms with Crippen LogP contribution in [0.5, 0.6) is 0 Å². The van der Waals surface area contributed by atoms with Gasteiger partial charge in [-0.3, -0.25) is 4.79 Å². The van der Waals surface area contributed by atoms with Crippen molar-refractivity contribution in [2.45, 2.75) is 12.6 Å². The average Bonchev–Trinajstić information content (AvgIpc) is 2.54. The van der Waals surface area contributed by atoms with Crippen LogP contribution in [0.25, 0.3) is 5.57 Å². The molecule has 0 aliphatic carbocycles. The Hall–Kier alpha value is -2.63. The fourth-order valence-corrected chi connectivity index (χ4v) is 2.15. The van der Waals surface area contributed by atoms with Gasteiger partial charge in [-0.2, -0.15) is 13.2 Å². The molecule has 2 aromatic carbocycles. The van der Waals surface area contributed by atoms with Crippen molar-refractivity contribution in [1.29, 1.82) is 0 Å². The van der Waals surface area contributed by atoms with E-state index < -0.39 is 23.5 Å². The minimum Gasteiger partial charge on any atom is -0.352 e. The second kappa shape index (κ2) is 7.77. The number of hydrogen-bond donors (Lipinski definition) is 1. The number of carbonyl (C=O) groups excluding carboxylic acids is 1. The quantitative estimate of drug-likeness (QED) is 0.645. The molecule has 1 N–H and O–H groups in total. The molecule has 0 fully saturated rings. The number of allylic oxidation sites excluding steroid dienone is 1. The number of hydrogen-bond acceptors (Lipinski definition) is 1. The fraction of sp³-hybridized carbons (Fsp3) is 0.167. The van der Waals surface area contributed by atoms with Crippen molar-refractivity contribution in [3.63, 3.8) is 0 Å². The summed E-state index contributed by atoms with van der Waals surface area (Å²) in [4.78, 5) is 11.8. The molecule has 24 heavy (non-hydrogen) atoms. The largest absolute Gasteiger partial charge is 0.417 e. The smallest absolute Gasteiger partial charge is 0.352 e. The molecule has 0 aliphatic heterocycles. The Bertz CT molecular complexity index is 723. The number of halogens is 4. The third-order valence-corrected chi connectivity index (χ3v) is 3.32. The summed E-state index contributed by atoms with van der Waals surface area (Å²) in [5.74, 6) is -1.29. The highest BCUT2D eigenvalue weighted by Gasteiger charge is 2.35. The zero-order chi connectivity index (χ0) is 17.6. The van der Waals surface area contributed by atoms with Crippen molar-refractivity contribution >= 4 is 11.5 Å². The van der Waals surface area contributed by atoms with Crippen molar-refractivity contribution in [1.82, 2.24) is 5.32 Å². The van der Waals surface area contributed by atoms with E-state index >= 15 is 0 Å². The highest BCUT2D eigenvalue weighted by molar-refractivity contribution is 5.96. The van der Waals surface area contributed by atoms with E-state index in [0.717, 1.165) is 0 Å². The van der Waals surface area contributed by atoms with Crippen molar-refractivity contribution < 1.29 is 22.4 Å². The van der Waals surface area contributed by atoms with Gasteiger partial charge in [0.15, 0.2) is 0 Å². The molecule has 0 radical (unpaired) electrons. The second-order valence-electron chi connectivity index (χ2n) is 5.05. The van der Waals surface area contributed by atoms with Crippen LogP contribution in [0.4, 0.5) is 17.6 Å². The van der Waals surface area contributed by atoms with Crippen LogP contribution in [0.2, 0.25) is 0 Å². The van der Waals surface area contributed by atoms with Gasteiger partial charge in [-0.25, -0.2) is 4.39 Å². The van der Waals surface area contributed by atoms with Crippen molar-refractivity contribution in [3.8, 4) is 0 Å². The lowest BCUT2D eigenvalue weighted by molar-refractivity contribution is -0.117. The summed E-state index contributed by atoms with van der Waals surface area (Å²) in [7, 11) is 0. The Morgan fingerprint density at radius 2 is 1.62 bits per heavy atom. The molecule has 6 heteroatoms. The molecule has 2 rings (SSSR count). The summed E-state index contributed by atoms with van der Waals surface area (Å²) in [5.41, 5.74) is -0.721. The van der Waals surface area contributed by atoms with E-state index in [1.54, 1.807) is 18.2 Å². The maximum absolute atomic E-state index is 13.4. The van der Waals surface area contributed by atoms with Crippen LogP contribution in [0.3, 0.4) is 0 Å². The summed E-state index contributed by atoms with van der Waals surface area (Å²) < 4.78 is 52.8. The van der Waals surface area contributed by atoms with Gasteiger partial charge in [-0.1, -0.05) is 48.5 Å². The number of benzene rings is 2. The zero-order valence-electron chi connectivity index (χ0n) is 12.6. The molecular weight excluding hydrogens is 322 g/mol. The third kappa shape index (κ3) is 4.94. The molecule has 0 saturated carbocycles. The van der Waals surface area contributed by atoms with Crippen molar-refractivity contribution in [2.75, 3.05) is 6.54 Å². The van der Waals surface area contributed by atoms with E-state index in [1.165, 1.54) is 36.4 Å². The van der Waals surface area contributed by atoms with Crippen LogP contribution >= 0.6 is 0 Å². The predicted molar refractivity (Wildman–Crippen MR) is 83.6 cm³/mol. The third-order valence-electron chi connectivity index (χ3n) is 3.32. The Morgan fingerprint density at radius 1 is 1.00 bits per heavy atom. The van der Waals surface area contributed by atoms with E-state index in [4.69, 9.17) is 0 Å². The summed E-state index contributed by atoms with van der Waals surface area (Å²) in [6.45, 7) is 0.0379. The molecule has 0 saturated heterocycles. The van der Waals surface area contributed by atoms with Gasteiger partial charge in [0.1, 0.15) is 5.82 Å². The number of amides is 1. The van der Waals surface area contributed by atoms with Gasteiger partial charge in [0.05, 0.1) is 5.57 Å². The molecular formula is C18H15F4NO. The lowest BCUT2D eigenvalue weighted by Crippen LogP contribution is -2.25. The number of rotatable bonds is 5. The molecule has 2 nitrogen and oxygen atoms in total. The SMILES string of the molecule is O=C(/C=C(/c1ccccc1)C(F)(F)F)NCCc1ccccc1F. The number of carbonyl (C=O) groups is 1. The molecule has 0 heterocycles. The molecule has 1 amide bonds. The molecule has 0 aliphatic rings. The van der Waals surface area contributed by atoms with Crippen molar-refractivity contribution in [2.24, 2.45) is 0 Å². The molecule has 0 aromatic heterocycles. The summed E-state index contributed by atoms with van der Waals surface area (Å²) in [6, 6.07) is 13.1. The number of alkyl halides is 3. The van der Waals surface area contributed by atoms with Crippen LogP contribution < -0.4 is 5.32 Å². The highest BCUT2D eigenvalue weighted by Crippen LogP contribution is 2.33. The Morgan fingerprint density at radius 3 is 2.25 bits per heavy atom. The maximum atomic E-state index is 13.4. The van der Waals surface area contributed by atoms with Gasteiger partial charge in [-0.05, 0) is 23.6 Å². The summed E-state index contributed by atoms with van der Waals surface area (Å²) in [5, 5.41) is 2.35. The molecule has 2 aromatic rings. The summed E-state index contributed by atoms with van der Waals surface area (Å²) >= 11 is 0. The van der Waals surface area contributed by atoms with Gasteiger partial charge >= 0.3 is 6.18 Å². The minimum atomic E-state index is -4.65. The normalized spacial score (nSPS) is 12.1. The average molecular weight is 337 g/mol. The lowest BCUT2D eigenvalue weighted by Gasteiger charge is -2.12. The monoisotopic (exact) mass is 337 g/mol. The first-order valence-electron chi connectivity index (χ1n) is 7.23. The van der Waals surface area contributed by atoms with Gasteiger partial charge in [0.25, 0.3) is 0 Å². The highest BCUT2D eigenvalue weighted by atomic mass is 19.4. The lowest BCUT2D eigenvalue weighted by atomic mass is 10.1. The first-order valence-corrected chi connectivity index (χ1v) is 7.23. The van der Waals surface area contributed by atoms with E-state index in [-0.39, 0.29) is 18.5 Å². The molecule has 0 spiro atoms. The fourth-order valence-electron chi connectivity index (χ4n) is 2.15. The van der Waals surface area contributed by atoms with Crippen LogP contribution in [0, 0.1) is 5.82 Å². The van der Waals surface area contributed by atoms with E-state index in [1.807, 2.05) is 0 Å². The Balaban J connectivity index is 2.04. The van der Waals surface area contributed by atoms with Gasteiger partial charge < -0.3 is 5.32 Å². The number of nitrogens with one attached hydrogen (secondary N) is 1. The predicted octanol–water partition coefficient (Wildman–Crippen LogP) is 4.13. The van der Waals surface area contributed by atoms with Crippen LogP contribution in [-0.4, -0.2) is 18.6 Å². The second-order valence-corrected chi connectivity index (χ2v) is 5.05. The van der Waals surface area contributed by atoms with E-state index in [0.29, 0.717) is 11.6 Å². The Labute approximate surface area is 136 Å². The van der Waals surface area contributed by atoms with Gasteiger partial charge in [0.2, 0.25) is 5.91 Å². The van der Waals surface area contributed by atoms with Crippen LogP contribution in [-0.2, 0) is 11.2 Å².